The molecule has 6 nitrogen and oxygen atoms in total. The summed E-state index contributed by atoms with van der Waals surface area (Å²) < 4.78 is 0. The summed E-state index contributed by atoms with van der Waals surface area (Å²) in [5.74, 6) is -1.85. The lowest BCUT2D eigenvalue weighted by molar-refractivity contribution is -0.148. The Hall–Kier alpha value is -1.59. The van der Waals surface area contributed by atoms with E-state index in [9.17, 15) is 14.4 Å². The average Bonchev–Trinajstić information content (AvgIpc) is 2.70. The maximum atomic E-state index is 12.1. The molecule has 0 aliphatic carbocycles. The number of aliphatic carboxylic acids is 1. The summed E-state index contributed by atoms with van der Waals surface area (Å²) >= 11 is 0. The third kappa shape index (κ3) is 3.44. The minimum atomic E-state index is -1.03. The zero-order valence-electron chi connectivity index (χ0n) is 10.1. The van der Waals surface area contributed by atoms with Gasteiger partial charge in [0.2, 0.25) is 11.8 Å². The number of carboxylic acids is 1. The van der Waals surface area contributed by atoms with Gasteiger partial charge < -0.3 is 15.3 Å². The topological polar surface area (TPSA) is 86.7 Å². The second-order valence-electron chi connectivity index (χ2n) is 4.32. The highest BCUT2D eigenvalue weighted by Crippen LogP contribution is 2.15. The number of nitrogens with zero attached hydrogens (tertiary/aromatic N) is 1. The average molecular weight is 242 g/mol. The molecular weight excluding hydrogens is 224 g/mol. The summed E-state index contributed by atoms with van der Waals surface area (Å²) in [6.07, 6.45) is 0.846. The second-order valence-corrected chi connectivity index (χ2v) is 4.32. The first-order valence-corrected chi connectivity index (χ1v) is 5.74. The van der Waals surface area contributed by atoms with Gasteiger partial charge >= 0.3 is 5.97 Å². The van der Waals surface area contributed by atoms with Gasteiger partial charge in [-0.05, 0) is 13.3 Å². The Morgan fingerprint density at radius 3 is 2.65 bits per heavy atom. The molecule has 0 saturated carbocycles. The molecule has 0 radical (unpaired) electrons. The molecule has 0 spiro atoms. The minimum absolute atomic E-state index is 0.130. The van der Waals surface area contributed by atoms with Crippen LogP contribution in [0.3, 0.4) is 0 Å². The first kappa shape index (κ1) is 13.5. The molecule has 1 aliphatic heterocycles. The van der Waals surface area contributed by atoms with Crippen LogP contribution in [0.2, 0.25) is 0 Å². The van der Waals surface area contributed by atoms with Crippen molar-refractivity contribution in [1.29, 1.82) is 0 Å². The fourth-order valence-electron chi connectivity index (χ4n) is 1.83. The third-order valence-corrected chi connectivity index (χ3v) is 3.04. The molecule has 1 aliphatic rings. The number of hydrogen-bond acceptors (Lipinski definition) is 3. The van der Waals surface area contributed by atoms with Gasteiger partial charge in [0, 0.05) is 19.0 Å². The molecule has 1 heterocycles. The molecule has 2 N–H and O–H groups in total. The highest BCUT2D eigenvalue weighted by Gasteiger charge is 2.33. The number of rotatable bonds is 5. The fraction of sp³-hybridized carbons (Fsp3) is 0.727. The maximum absolute atomic E-state index is 12.1. The second kappa shape index (κ2) is 5.65. The van der Waals surface area contributed by atoms with E-state index in [0.29, 0.717) is 13.0 Å². The summed E-state index contributed by atoms with van der Waals surface area (Å²) in [5, 5.41) is 11.4. The van der Waals surface area contributed by atoms with E-state index in [1.165, 1.54) is 4.90 Å². The van der Waals surface area contributed by atoms with Crippen LogP contribution in [0, 0.1) is 5.92 Å². The van der Waals surface area contributed by atoms with Crippen molar-refractivity contribution in [1.82, 2.24) is 10.2 Å². The summed E-state index contributed by atoms with van der Waals surface area (Å²) in [5.41, 5.74) is 0. The predicted octanol–water partition coefficient (Wildman–Crippen LogP) is -0.166. The van der Waals surface area contributed by atoms with Crippen molar-refractivity contribution >= 4 is 17.8 Å². The molecule has 2 atom stereocenters. The summed E-state index contributed by atoms with van der Waals surface area (Å²) in [4.78, 5) is 35.2. The molecule has 2 unspecified atom stereocenters. The summed E-state index contributed by atoms with van der Waals surface area (Å²) in [6, 6.07) is -0.130. The van der Waals surface area contributed by atoms with E-state index in [1.807, 2.05) is 13.8 Å². The van der Waals surface area contributed by atoms with Crippen LogP contribution in [0.15, 0.2) is 0 Å². The highest BCUT2D eigenvalue weighted by atomic mass is 16.4. The maximum Gasteiger partial charge on any atom is 0.323 e. The van der Waals surface area contributed by atoms with Crippen LogP contribution in [0.5, 0.6) is 0 Å². The largest absolute Gasteiger partial charge is 0.480 e. The van der Waals surface area contributed by atoms with Gasteiger partial charge in [-0.15, -0.1) is 0 Å². The van der Waals surface area contributed by atoms with Gasteiger partial charge in [-0.25, -0.2) is 0 Å². The minimum Gasteiger partial charge on any atom is -0.480 e. The van der Waals surface area contributed by atoms with Crippen LogP contribution >= 0.6 is 0 Å². The quantitative estimate of drug-likeness (QED) is 0.701. The van der Waals surface area contributed by atoms with Crippen molar-refractivity contribution in [3.05, 3.63) is 0 Å². The van der Waals surface area contributed by atoms with E-state index in [4.69, 9.17) is 5.11 Å². The van der Waals surface area contributed by atoms with Crippen molar-refractivity contribution in [2.24, 2.45) is 5.92 Å². The molecule has 0 aromatic rings. The SMILES string of the molecule is CCC(C)N(CC(=O)O)C(=O)C1CNC(=O)C1. The smallest absolute Gasteiger partial charge is 0.323 e. The van der Waals surface area contributed by atoms with Crippen LogP contribution in [0.1, 0.15) is 26.7 Å². The monoisotopic (exact) mass is 242 g/mol. The lowest BCUT2D eigenvalue weighted by Gasteiger charge is -2.28. The number of amides is 2. The van der Waals surface area contributed by atoms with Gasteiger partial charge in [0.05, 0.1) is 5.92 Å². The lowest BCUT2D eigenvalue weighted by atomic mass is 10.1. The van der Waals surface area contributed by atoms with E-state index >= 15 is 0 Å². The molecule has 0 aromatic carbocycles. The van der Waals surface area contributed by atoms with Crippen LogP contribution in [0.4, 0.5) is 0 Å². The Morgan fingerprint density at radius 2 is 2.24 bits per heavy atom. The predicted molar refractivity (Wildman–Crippen MR) is 60.2 cm³/mol. The Kier molecular flexibility index (Phi) is 4.48. The molecule has 0 aromatic heterocycles. The fourth-order valence-corrected chi connectivity index (χ4v) is 1.83. The van der Waals surface area contributed by atoms with Crippen molar-refractivity contribution in [3.8, 4) is 0 Å². The van der Waals surface area contributed by atoms with Gasteiger partial charge in [0.25, 0.3) is 0 Å². The van der Waals surface area contributed by atoms with E-state index < -0.39 is 11.9 Å². The van der Waals surface area contributed by atoms with Crippen molar-refractivity contribution in [3.63, 3.8) is 0 Å². The Bertz CT molecular complexity index is 329. The first-order chi connectivity index (χ1) is 7.95. The van der Waals surface area contributed by atoms with Gasteiger partial charge in [0.15, 0.2) is 0 Å². The first-order valence-electron chi connectivity index (χ1n) is 5.74. The normalized spacial score (nSPS) is 20.8. The van der Waals surface area contributed by atoms with Gasteiger partial charge in [-0.3, -0.25) is 14.4 Å². The molecular formula is C11H18N2O4. The van der Waals surface area contributed by atoms with Crippen LogP contribution in [-0.2, 0) is 14.4 Å². The zero-order valence-corrected chi connectivity index (χ0v) is 10.1. The standard InChI is InChI=1S/C11H18N2O4/c1-3-7(2)13(6-10(15)16)11(17)8-4-9(14)12-5-8/h7-8H,3-6H2,1-2H3,(H,12,14)(H,15,16). The number of hydrogen-bond donors (Lipinski definition) is 2. The number of nitrogens with one attached hydrogen (secondary N) is 1. The third-order valence-electron chi connectivity index (χ3n) is 3.04. The van der Waals surface area contributed by atoms with Crippen molar-refractivity contribution in [2.45, 2.75) is 32.7 Å². The van der Waals surface area contributed by atoms with E-state index in [0.717, 1.165) is 0 Å². The molecule has 0 bridgehead atoms. The highest BCUT2D eigenvalue weighted by molar-refractivity contribution is 5.90. The van der Waals surface area contributed by atoms with Crippen LogP contribution < -0.4 is 5.32 Å². The number of carbonyl (C=O) groups excluding carboxylic acids is 2. The zero-order chi connectivity index (χ0) is 13.0. The molecule has 1 saturated heterocycles. The Morgan fingerprint density at radius 1 is 1.59 bits per heavy atom. The molecule has 2 amide bonds. The molecule has 1 fully saturated rings. The number of carbonyl (C=O) groups is 3. The van der Waals surface area contributed by atoms with Crippen molar-refractivity contribution in [2.75, 3.05) is 13.1 Å². The van der Waals surface area contributed by atoms with Gasteiger partial charge in [-0.2, -0.15) is 0 Å². The lowest BCUT2D eigenvalue weighted by Crippen LogP contribution is -2.45. The summed E-state index contributed by atoms with van der Waals surface area (Å²) in [7, 11) is 0. The molecule has 1 rings (SSSR count). The van der Waals surface area contributed by atoms with Gasteiger partial charge in [-0.1, -0.05) is 6.92 Å². The van der Waals surface area contributed by atoms with Crippen LogP contribution in [0.25, 0.3) is 0 Å². The molecule has 96 valence electrons. The Balaban J connectivity index is 2.71. The Labute approximate surface area is 100.0 Å². The number of carboxylic acid groups (broad SMARTS) is 1. The van der Waals surface area contributed by atoms with Crippen molar-refractivity contribution < 1.29 is 19.5 Å². The van der Waals surface area contributed by atoms with Crippen LogP contribution in [-0.4, -0.2) is 46.9 Å². The molecule has 6 heteroatoms. The van der Waals surface area contributed by atoms with E-state index in [2.05, 4.69) is 5.32 Å². The summed E-state index contributed by atoms with van der Waals surface area (Å²) in [6.45, 7) is 3.71. The van der Waals surface area contributed by atoms with E-state index in [1.54, 1.807) is 0 Å². The van der Waals surface area contributed by atoms with Gasteiger partial charge in [0.1, 0.15) is 6.54 Å². The molecule has 17 heavy (non-hydrogen) atoms. The van der Waals surface area contributed by atoms with E-state index in [-0.39, 0.29) is 30.8 Å².